The van der Waals surface area contributed by atoms with Gasteiger partial charge in [0, 0.05) is 12.8 Å². The molecule has 0 unspecified atom stereocenters. The van der Waals surface area contributed by atoms with E-state index in [2.05, 4.69) is 20.1 Å². The third-order valence-electron chi connectivity index (χ3n) is 1.91. The molecule has 0 fully saturated rings. The number of ketones is 2. The molecule has 0 aliphatic heterocycles. The quantitative estimate of drug-likeness (QED) is 0.645. The summed E-state index contributed by atoms with van der Waals surface area (Å²) in [7, 11) is 2.36. The highest BCUT2D eigenvalue weighted by Gasteiger charge is 2.09. The van der Waals surface area contributed by atoms with Crippen molar-refractivity contribution in [2.75, 3.05) is 27.3 Å². The highest BCUT2D eigenvalue weighted by molar-refractivity contribution is 5.90. The van der Waals surface area contributed by atoms with Crippen LogP contribution in [-0.2, 0) is 19.1 Å². The fraction of sp³-hybridized carbons (Fsp3) is 0.600. The van der Waals surface area contributed by atoms with E-state index in [1.165, 1.54) is 14.2 Å². The fourth-order valence-corrected chi connectivity index (χ4v) is 0.941. The molecule has 0 bridgehead atoms. The Hall–Kier alpha value is -2.12. The van der Waals surface area contributed by atoms with Crippen molar-refractivity contribution in [3.63, 3.8) is 0 Å². The lowest BCUT2D eigenvalue weighted by Crippen LogP contribution is -2.31. The Morgan fingerprint density at radius 2 is 1.11 bits per heavy atom. The number of Topliss-reactive ketones (excluding diaryl/α,β-unsaturated/α-hetero) is 2. The van der Waals surface area contributed by atoms with Crippen LogP contribution in [0.1, 0.15) is 12.8 Å². The van der Waals surface area contributed by atoms with Crippen LogP contribution in [0.5, 0.6) is 0 Å². The molecule has 0 aromatic heterocycles. The summed E-state index contributed by atoms with van der Waals surface area (Å²) in [6, 6.07) is 0. The standard InChI is InChI=1S/C10H16N2O6/c1-17-9(15)11-5-7(13)3-4-8(14)6-12-10(16)18-2/h3-6H2,1-2H3,(H,11,15)(H,12,16). The molecule has 0 heterocycles. The van der Waals surface area contributed by atoms with E-state index in [9.17, 15) is 19.2 Å². The molecule has 0 aliphatic rings. The number of methoxy groups -OCH3 is 2. The lowest BCUT2D eigenvalue weighted by Gasteiger charge is -2.04. The van der Waals surface area contributed by atoms with Gasteiger partial charge >= 0.3 is 12.2 Å². The maximum Gasteiger partial charge on any atom is 0.407 e. The second kappa shape index (κ2) is 8.97. The van der Waals surface area contributed by atoms with Crippen LogP contribution < -0.4 is 10.6 Å². The van der Waals surface area contributed by atoms with E-state index >= 15 is 0 Å². The first-order chi connectivity index (χ1) is 8.49. The molecule has 0 spiro atoms. The second-order valence-corrected chi connectivity index (χ2v) is 3.27. The van der Waals surface area contributed by atoms with E-state index in [1.54, 1.807) is 0 Å². The lowest BCUT2D eigenvalue weighted by atomic mass is 10.1. The zero-order chi connectivity index (χ0) is 14.0. The van der Waals surface area contributed by atoms with Crippen molar-refractivity contribution in [2.24, 2.45) is 0 Å². The van der Waals surface area contributed by atoms with Gasteiger partial charge in [-0.3, -0.25) is 9.59 Å². The first-order valence-electron chi connectivity index (χ1n) is 5.16. The van der Waals surface area contributed by atoms with Crippen molar-refractivity contribution >= 4 is 23.8 Å². The normalized spacial score (nSPS) is 9.22. The second-order valence-electron chi connectivity index (χ2n) is 3.27. The monoisotopic (exact) mass is 260 g/mol. The molecule has 8 heteroatoms. The molecule has 2 amide bonds. The van der Waals surface area contributed by atoms with Gasteiger partial charge < -0.3 is 20.1 Å². The Labute approximate surface area is 104 Å². The zero-order valence-electron chi connectivity index (χ0n) is 10.3. The summed E-state index contributed by atoms with van der Waals surface area (Å²) in [5, 5.41) is 4.41. The number of rotatable bonds is 7. The van der Waals surface area contributed by atoms with Crippen molar-refractivity contribution in [2.45, 2.75) is 12.8 Å². The van der Waals surface area contributed by atoms with Crippen LogP contribution in [0.3, 0.4) is 0 Å². The molecular formula is C10H16N2O6. The van der Waals surface area contributed by atoms with Crippen LogP contribution in [0, 0.1) is 0 Å². The summed E-state index contributed by atoms with van der Waals surface area (Å²) in [6.45, 7) is -0.380. The van der Waals surface area contributed by atoms with E-state index in [4.69, 9.17) is 0 Å². The molecule has 8 nitrogen and oxygen atoms in total. The molecule has 102 valence electrons. The number of nitrogens with one attached hydrogen (secondary N) is 2. The Morgan fingerprint density at radius 1 is 0.778 bits per heavy atom. The third kappa shape index (κ3) is 8.08. The molecule has 0 aliphatic carbocycles. The minimum absolute atomic E-state index is 0.00825. The van der Waals surface area contributed by atoms with Gasteiger partial charge in [0.1, 0.15) is 0 Å². The van der Waals surface area contributed by atoms with Gasteiger partial charge in [0.2, 0.25) is 0 Å². The van der Waals surface area contributed by atoms with Crippen LogP contribution in [0.2, 0.25) is 0 Å². The van der Waals surface area contributed by atoms with Crippen molar-refractivity contribution in [3.8, 4) is 0 Å². The zero-order valence-corrected chi connectivity index (χ0v) is 10.3. The van der Waals surface area contributed by atoms with Gasteiger partial charge in [0.25, 0.3) is 0 Å². The number of amides is 2. The van der Waals surface area contributed by atoms with Crippen molar-refractivity contribution in [1.29, 1.82) is 0 Å². The number of ether oxygens (including phenoxy) is 2. The summed E-state index contributed by atoms with van der Waals surface area (Å²) >= 11 is 0. The van der Waals surface area contributed by atoms with Crippen LogP contribution in [0.25, 0.3) is 0 Å². The maximum atomic E-state index is 11.2. The molecule has 0 radical (unpaired) electrons. The SMILES string of the molecule is COC(=O)NCC(=O)CCC(=O)CNC(=O)OC. The van der Waals surface area contributed by atoms with Gasteiger partial charge in [-0.1, -0.05) is 0 Å². The predicted octanol–water partition coefficient (Wildman–Crippen LogP) is -0.383. The number of hydrogen-bond donors (Lipinski definition) is 2. The van der Waals surface area contributed by atoms with Crippen molar-refractivity contribution in [3.05, 3.63) is 0 Å². The average molecular weight is 260 g/mol. The highest BCUT2D eigenvalue weighted by Crippen LogP contribution is 1.92. The smallest absolute Gasteiger partial charge is 0.407 e. The van der Waals surface area contributed by atoms with Gasteiger partial charge in [-0.15, -0.1) is 0 Å². The Morgan fingerprint density at radius 3 is 1.39 bits per heavy atom. The minimum atomic E-state index is -0.706. The van der Waals surface area contributed by atoms with Gasteiger partial charge in [0.15, 0.2) is 11.6 Å². The molecule has 0 saturated carbocycles. The van der Waals surface area contributed by atoms with Gasteiger partial charge in [-0.25, -0.2) is 9.59 Å². The number of alkyl carbamates (subject to hydrolysis) is 2. The minimum Gasteiger partial charge on any atom is -0.453 e. The van der Waals surface area contributed by atoms with Gasteiger partial charge in [0.05, 0.1) is 27.3 Å². The summed E-state index contributed by atoms with van der Waals surface area (Å²) in [5.41, 5.74) is 0. The topological polar surface area (TPSA) is 111 Å². The number of hydrogen-bond acceptors (Lipinski definition) is 6. The number of carbonyl (C=O) groups is 4. The maximum absolute atomic E-state index is 11.2. The molecule has 0 saturated heterocycles. The first kappa shape index (κ1) is 15.9. The summed E-state index contributed by atoms with van der Waals surface area (Å²) in [4.78, 5) is 43.8. The highest BCUT2D eigenvalue weighted by atomic mass is 16.5. The van der Waals surface area contributed by atoms with Crippen LogP contribution >= 0.6 is 0 Å². The van der Waals surface area contributed by atoms with E-state index in [0.717, 1.165) is 0 Å². The van der Waals surface area contributed by atoms with Gasteiger partial charge in [-0.2, -0.15) is 0 Å². The van der Waals surface area contributed by atoms with E-state index < -0.39 is 12.2 Å². The van der Waals surface area contributed by atoms with Crippen molar-refractivity contribution in [1.82, 2.24) is 10.6 Å². The van der Waals surface area contributed by atoms with Crippen LogP contribution in [0.4, 0.5) is 9.59 Å². The summed E-state index contributed by atoms with van der Waals surface area (Å²) in [6.07, 6.45) is -1.43. The van der Waals surface area contributed by atoms with E-state index in [-0.39, 0.29) is 37.5 Å². The molecule has 2 N–H and O–H groups in total. The third-order valence-corrected chi connectivity index (χ3v) is 1.91. The predicted molar refractivity (Wildman–Crippen MR) is 60.1 cm³/mol. The largest absolute Gasteiger partial charge is 0.453 e. The first-order valence-corrected chi connectivity index (χ1v) is 5.16. The van der Waals surface area contributed by atoms with Crippen molar-refractivity contribution < 1.29 is 28.7 Å². The number of carbonyl (C=O) groups excluding carboxylic acids is 4. The lowest BCUT2D eigenvalue weighted by molar-refractivity contribution is -0.123. The summed E-state index contributed by atoms with van der Waals surface area (Å²) in [5.74, 6) is -0.598. The van der Waals surface area contributed by atoms with E-state index in [1.807, 2.05) is 0 Å². The molecule has 18 heavy (non-hydrogen) atoms. The van der Waals surface area contributed by atoms with Crippen LogP contribution in [0.15, 0.2) is 0 Å². The fourth-order valence-electron chi connectivity index (χ4n) is 0.941. The summed E-state index contributed by atoms with van der Waals surface area (Å²) < 4.78 is 8.55. The average Bonchev–Trinajstić information content (AvgIpc) is 2.39. The Balaban J connectivity index is 3.68. The van der Waals surface area contributed by atoms with E-state index in [0.29, 0.717) is 0 Å². The molecule has 0 aromatic carbocycles. The molecule has 0 atom stereocenters. The molecule has 0 rings (SSSR count). The Kier molecular flexibility index (Phi) is 7.91. The van der Waals surface area contributed by atoms with Gasteiger partial charge in [-0.05, 0) is 0 Å². The molecule has 0 aromatic rings. The Bertz CT molecular complexity index is 296. The molecular weight excluding hydrogens is 244 g/mol. The van der Waals surface area contributed by atoms with Crippen LogP contribution in [-0.4, -0.2) is 51.1 Å².